The SMILES string of the molecule is C=CCOc1c(Br)cc(/C=N\NCc2ccccc2OC)cc1OCC. The second-order valence-electron chi connectivity index (χ2n) is 5.27. The van der Waals surface area contributed by atoms with E-state index in [4.69, 9.17) is 14.2 Å². The molecule has 0 fully saturated rings. The van der Waals surface area contributed by atoms with E-state index in [-0.39, 0.29) is 0 Å². The van der Waals surface area contributed by atoms with Gasteiger partial charge in [0.15, 0.2) is 11.5 Å². The number of para-hydroxylation sites is 1. The van der Waals surface area contributed by atoms with Crippen LogP contribution in [0.5, 0.6) is 17.2 Å². The lowest BCUT2D eigenvalue weighted by Crippen LogP contribution is -2.07. The molecule has 2 aromatic carbocycles. The number of hydrogen-bond acceptors (Lipinski definition) is 5. The molecule has 0 heterocycles. The lowest BCUT2D eigenvalue weighted by Gasteiger charge is -2.13. The van der Waals surface area contributed by atoms with Crippen molar-refractivity contribution in [3.05, 3.63) is 64.7 Å². The molecule has 0 saturated carbocycles. The van der Waals surface area contributed by atoms with E-state index in [2.05, 4.69) is 33.0 Å². The van der Waals surface area contributed by atoms with E-state index in [1.807, 2.05) is 43.3 Å². The Kier molecular flexibility index (Phi) is 8.02. The van der Waals surface area contributed by atoms with Gasteiger partial charge in [-0.25, -0.2) is 0 Å². The highest BCUT2D eigenvalue weighted by molar-refractivity contribution is 9.10. The number of nitrogens with zero attached hydrogens (tertiary/aromatic N) is 1. The highest BCUT2D eigenvalue weighted by Crippen LogP contribution is 2.36. The quantitative estimate of drug-likeness (QED) is 0.349. The minimum Gasteiger partial charge on any atom is -0.496 e. The molecule has 0 radical (unpaired) electrons. The minimum absolute atomic E-state index is 0.409. The molecule has 1 N–H and O–H groups in total. The maximum absolute atomic E-state index is 5.67. The van der Waals surface area contributed by atoms with Crippen molar-refractivity contribution in [3.63, 3.8) is 0 Å². The maximum Gasteiger partial charge on any atom is 0.175 e. The van der Waals surface area contributed by atoms with Gasteiger partial charge in [-0.15, -0.1) is 0 Å². The molecule has 0 aliphatic rings. The fourth-order valence-corrected chi connectivity index (χ4v) is 2.88. The summed E-state index contributed by atoms with van der Waals surface area (Å²) in [5.74, 6) is 2.15. The molecule has 6 heteroatoms. The van der Waals surface area contributed by atoms with E-state index < -0.39 is 0 Å². The summed E-state index contributed by atoms with van der Waals surface area (Å²) in [6, 6.07) is 11.6. The summed E-state index contributed by atoms with van der Waals surface area (Å²) in [5.41, 5.74) is 4.96. The number of ether oxygens (including phenoxy) is 3. The highest BCUT2D eigenvalue weighted by atomic mass is 79.9. The van der Waals surface area contributed by atoms with Crippen molar-refractivity contribution in [2.45, 2.75) is 13.5 Å². The van der Waals surface area contributed by atoms with Crippen molar-refractivity contribution in [1.82, 2.24) is 5.43 Å². The van der Waals surface area contributed by atoms with E-state index in [1.165, 1.54) is 0 Å². The van der Waals surface area contributed by atoms with Gasteiger partial charge in [-0.1, -0.05) is 30.9 Å². The van der Waals surface area contributed by atoms with Crippen LogP contribution in [0.1, 0.15) is 18.1 Å². The lowest BCUT2D eigenvalue weighted by molar-refractivity contribution is 0.295. The zero-order chi connectivity index (χ0) is 18.8. The molecule has 0 aliphatic heterocycles. The molecule has 26 heavy (non-hydrogen) atoms. The number of halogens is 1. The first kappa shape index (κ1) is 19.8. The Morgan fingerprint density at radius 1 is 1.19 bits per heavy atom. The van der Waals surface area contributed by atoms with Crippen molar-refractivity contribution in [1.29, 1.82) is 0 Å². The summed E-state index contributed by atoms with van der Waals surface area (Å²) in [4.78, 5) is 0. The molecule has 0 unspecified atom stereocenters. The van der Waals surface area contributed by atoms with Gasteiger partial charge in [-0.05, 0) is 46.6 Å². The van der Waals surface area contributed by atoms with Crippen LogP contribution < -0.4 is 19.6 Å². The van der Waals surface area contributed by atoms with Crippen molar-refractivity contribution < 1.29 is 14.2 Å². The largest absolute Gasteiger partial charge is 0.496 e. The lowest BCUT2D eigenvalue weighted by atomic mass is 10.2. The van der Waals surface area contributed by atoms with Crippen molar-refractivity contribution in [2.75, 3.05) is 20.3 Å². The fraction of sp³-hybridized carbons (Fsp3) is 0.250. The Bertz CT molecular complexity index is 763. The second-order valence-corrected chi connectivity index (χ2v) is 6.12. The molecule has 0 atom stereocenters. The molecule has 0 aromatic heterocycles. The van der Waals surface area contributed by atoms with Gasteiger partial charge < -0.3 is 19.6 Å². The molecule has 0 aliphatic carbocycles. The van der Waals surface area contributed by atoms with Crippen LogP contribution in [0.3, 0.4) is 0 Å². The average Bonchev–Trinajstić information content (AvgIpc) is 2.65. The number of hydrazone groups is 1. The molecule has 2 aromatic rings. The zero-order valence-electron chi connectivity index (χ0n) is 15.0. The Hall–Kier alpha value is -2.47. The molecule has 138 valence electrons. The van der Waals surface area contributed by atoms with Crippen molar-refractivity contribution in [2.24, 2.45) is 5.10 Å². The van der Waals surface area contributed by atoms with Crippen LogP contribution in [0.25, 0.3) is 0 Å². The third kappa shape index (κ3) is 5.52. The van der Waals surface area contributed by atoms with Crippen LogP contribution in [0.15, 0.2) is 58.6 Å². The molecule has 0 bridgehead atoms. The maximum atomic E-state index is 5.67. The first-order chi connectivity index (χ1) is 12.7. The Balaban J connectivity index is 2.08. The average molecular weight is 419 g/mol. The van der Waals surface area contributed by atoms with Crippen LogP contribution in [-0.4, -0.2) is 26.5 Å². The summed E-state index contributed by atoms with van der Waals surface area (Å²) in [5, 5.41) is 4.28. The predicted octanol–water partition coefficient (Wildman–Crippen LogP) is 4.54. The van der Waals surface area contributed by atoms with Crippen LogP contribution >= 0.6 is 15.9 Å². The van der Waals surface area contributed by atoms with E-state index in [0.29, 0.717) is 31.3 Å². The highest BCUT2D eigenvalue weighted by Gasteiger charge is 2.11. The number of nitrogens with one attached hydrogen (secondary N) is 1. The molecule has 0 saturated heterocycles. The number of rotatable bonds is 10. The first-order valence-electron chi connectivity index (χ1n) is 8.27. The smallest absolute Gasteiger partial charge is 0.175 e. The van der Waals surface area contributed by atoms with Crippen LogP contribution in [-0.2, 0) is 6.54 Å². The fourth-order valence-electron chi connectivity index (χ4n) is 2.31. The van der Waals surface area contributed by atoms with Gasteiger partial charge >= 0.3 is 0 Å². The molecular formula is C20H23BrN2O3. The third-order valence-electron chi connectivity index (χ3n) is 3.44. The van der Waals surface area contributed by atoms with Gasteiger partial charge in [0.25, 0.3) is 0 Å². The van der Waals surface area contributed by atoms with Gasteiger partial charge in [-0.2, -0.15) is 5.10 Å². The summed E-state index contributed by atoms with van der Waals surface area (Å²) in [7, 11) is 1.66. The van der Waals surface area contributed by atoms with E-state index >= 15 is 0 Å². The van der Waals surface area contributed by atoms with Crippen LogP contribution in [0.2, 0.25) is 0 Å². The number of benzene rings is 2. The minimum atomic E-state index is 0.409. The molecule has 5 nitrogen and oxygen atoms in total. The van der Waals surface area contributed by atoms with E-state index in [0.717, 1.165) is 21.3 Å². The van der Waals surface area contributed by atoms with E-state index in [1.54, 1.807) is 19.4 Å². The van der Waals surface area contributed by atoms with E-state index in [9.17, 15) is 0 Å². The van der Waals surface area contributed by atoms with Crippen LogP contribution in [0.4, 0.5) is 0 Å². The topological polar surface area (TPSA) is 52.1 Å². The molecular weight excluding hydrogens is 396 g/mol. The van der Waals surface area contributed by atoms with Gasteiger partial charge in [0.1, 0.15) is 12.4 Å². The first-order valence-corrected chi connectivity index (χ1v) is 9.06. The summed E-state index contributed by atoms with van der Waals surface area (Å²) in [6.07, 6.45) is 3.43. The monoisotopic (exact) mass is 418 g/mol. The summed E-state index contributed by atoms with van der Waals surface area (Å²) < 4.78 is 17.5. The van der Waals surface area contributed by atoms with Gasteiger partial charge in [0, 0.05) is 5.56 Å². The van der Waals surface area contributed by atoms with Gasteiger partial charge in [-0.3, -0.25) is 0 Å². The van der Waals surface area contributed by atoms with Crippen molar-refractivity contribution >= 4 is 22.1 Å². The molecule has 0 spiro atoms. The molecule has 0 amide bonds. The standard InChI is InChI=1S/C20H23BrN2O3/c1-4-10-26-20-17(21)11-15(12-19(20)25-5-2)13-22-23-14-16-8-6-7-9-18(16)24-3/h4,6-9,11-13,23H,1,5,10,14H2,2-3H3/b22-13-. The Morgan fingerprint density at radius 3 is 2.73 bits per heavy atom. The second kappa shape index (κ2) is 10.5. The molecule has 2 rings (SSSR count). The zero-order valence-corrected chi connectivity index (χ0v) is 16.6. The summed E-state index contributed by atoms with van der Waals surface area (Å²) >= 11 is 3.52. The predicted molar refractivity (Wildman–Crippen MR) is 108 cm³/mol. The Morgan fingerprint density at radius 2 is 2.00 bits per heavy atom. The van der Waals surface area contributed by atoms with Crippen LogP contribution in [0, 0.1) is 0 Å². The number of methoxy groups -OCH3 is 1. The van der Waals surface area contributed by atoms with Crippen molar-refractivity contribution in [3.8, 4) is 17.2 Å². The summed E-state index contributed by atoms with van der Waals surface area (Å²) in [6.45, 7) is 7.12. The Labute approximate surface area is 162 Å². The van der Waals surface area contributed by atoms with Gasteiger partial charge in [0.05, 0.1) is 30.9 Å². The van der Waals surface area contributed by atoms with Gasteiger partial charge in [0.2, 0.25) is 0 Å². The third-order valence-corrected chi connectivity index (χ3v) is 4.03. The number of hydrogen-bond donors (Lipinski definition) is 1. The normalized spacial score (nSPS) is 10.6.